The topological polar surface area (TPSA) is 126 Å². The fourth-order valence-electron chi connectivity index (χ4n) is 4.90. The van der Waals surface area contributed by atoms with Gasteiger partial charge in [-0.15, -0.1) is 16.4 Å². The molecule has 2 N–H and O–H groups in total. The number of aliphatic hydroxyl groups excluding tert-OH is 1. The van der Waals surface area contributed by atoms with Crippen LogP contribution in [0.5, 0.6) is 0 Å². The normalized spacial score (nSPS) is 23.7. The lowest BCUT2D eigenvalue weighted by molar-refractivity contribution is -0.144. The van der Waals surface area contributed by atoms with Gasteiger partial charge in [0.1, 0.15) is 12.1 Å². The van der Waals surface area contributed by atoms with E-state index in [1.807, 2.05) is 27.0 Å². The molecule has 4 heterocycles. The Labute approximate surface area is 214 Å². The molecule has 2 aliphatic heterocycles. The monoisotopic (exact) mass is 517 g/mol. The maximum absolute atomic E-state index is 13.8. The highest BCUT2D eigenvalue weighted by molar-refractivity contribution is 7.15. The van der Waals surface area contributed by atoms with Crippen LogP contribution in [-0.4, -0.2) is 86.8 Å². The average Bonchev–Trinajstić information content (AvgIpc) is 3.22. The molecular formula is C24H35N7O4S. The molecule has 3 fully saturated rings. The van der Waals surface area contributed by atoms with Gasteiger partial charge in [0.15, 0.2) is 5.13 Å². The summed E-state index contributed by atoms with van der Waals surface area (Å²) in [4.78, 5) is 36.1. The number of carbonyl (C=O) groups is 2. The van der Waals surface area contributed by atoms with Crippen LogP contribution in [0.4, 0.5) is 5.13 Å². The minimum absolute atomic E-state index is 0.120. The van der Waals surface area contributed by atoms with Gasteiger partial charge < -0.3 is 25.0 Å². The molecule has 2 aromatic rings. The standard InChI is InChI=1S/C24H35N7O4S/c1-24(2,3)20(31-14-18(27-28-31)15-4-5-15)22(34)30-13-16(32)10-19(30)21(33)25-11-17-12-26-23(36-17)29-6-8-35-9-7-29/h12,14-16,19-20,32H,4-11,13H2,1-3H3,(H,25,33)/t16-,19+,20-/m1/s1. The number of hydrogen-bond donors (Lipinski definition) is 2. The number of carbonyl (C=O) groups excluding carboxylic acids is 2. The zero-order valence-electron chi connectivity index (χ0n) is 21.1. The Morgan fingerprint density at radius 2 is 2.03 bits per heavy atom. The number of aromatic nitrogens is 4. The van der Waals surface area contributed by atoms with Crippen molar-refractivity contribution in [1.29, 1.82) is 0 Å². The van der Waals surface area contributed by atoms with Crippen LogP contribution in [-0.2, 0) is 20.9 Å². The second-order valence-electron chi connectivity index (χ2n) is 11.0. The van der Waals surface area contributed by atoms with Crippen LogP contribution in [0.25, 0.3) is 0 Å². The van der Waals surface area contributed by atoms with E-state index in [0.29, 0.717) is 25.7 Å². The lowest BCUT2D eigenvalue weighted by atomic mass is 9.85. The minimum Gasteiger partial charge on any atom is -0.391 e. The highest BCUT2D eigenvalue weighted by atomic mass is 32.1. The van der Waals surface area contributed by atoms with Crippen molar-refractivity contribution < 1.29 is 19.4 Å². The molecule has 36 heavy (non-hydrogen) atoms. The fraction of sp³-hybridized carbons (Fsp3) is 0.708. The molecule has 1 aliphatic carbocycles. The summed E-state index contributed by atoms with van der Waals surface area (Å²) < 4.78 is 7.04. The molecule has 0 unspecified atom stereocenters. The molecule has 5 rings (SSSR count). The quantitative estimate of drug-likeness (QED) is 0.563. The van der Waals surface area contributed by atoms with Gasteiger partial charge in [0.25, 0.3) is 0 Å². The molecule has 2 aromatic heterocycles. The van der Waals surface area contributed by atoms with Crippen molar-refractivity contribution in [1.82, 2.24) is 30.2 Å². The fourth-order valence-corrected chi connectivity index (χ4v) is 5.80. The van der Waals surface area contributed by atoms with Gasteiger partial charge in [-0.1, -0.05) is 26.0 Å². The molecule has 3 aliphatic rings. The lowest BCUT2D eigenvalue weighted by Gasteiger charge is -2.34. The zero-order chi connectivity index (χ0) is 25.4. The molecule has 1 saturated carbocycles. The predicted octanol–water partition coefficient (Wildman–Crippen LogP) is 1.31. The van der Waals surface area contributed by atoms with E-state index >= 15 is 0 Å². The van der Waals surface area contributed by atoms with Gasteiger partial charge in [0.05, 0.1) is 31.6 Å². The summed E-state index contributed by atoms with van der Waals surface area (Å²) in [5, 5.41) is 22.9. The van der Waals surface area contributed by atoms with E-state index in [1.54, 1.807) is 22.2 Å². The van der Waals surface area contributed by atoms with Crippen LogP contribution in [0.1, 0.15) is 62.6 Å². The van der Waals surface area contributed by atoms with Crippen LogP contribution < -0.4 is 10.2 Å². The van der Waals surface area contributed by atoms with Gasteiger partial charge >= 0.3 is 0 Å². The zero-order valence-corrected chi connectivity index (χ0v) is 21.9. The average molecular weight is 518 g/mol. The number of hydrogen-bond acceptors (Lipinski definition) is 9. The third-order valence-electron chi connectivity index (χ3n) is 6.97. The number of nitrogens with one attached hydrogen (secondary N) is 1. The number of nitrogens with zero attached hydrogens (tertiary/aromatic N) is 6. The summed E-state index contributed by atoms with van der Waals surface area (Å²) in [6, 6.07) is -1.37. The Hall–Kier alpha value is -2.57. The number of aliphatic hydroxyl groups is 1. The minimum atomic E-state index is -0.751. The second-order valence-corrected chi connectivity index (χ2v) is 12.1. The summed E-state index contributed by atoms with van der Waals surface area (Å²) >= 11 is 1.54. The Balaban J connectivity index is 1.26. The summed E-state index contributed by atoms with van der Waals surface area (Å²) in [5.74, 6) is -0.0675. The number of amides is 2. The maximum atomic E-state index is 13.8. The Morgan fingerprint density at radius 1 is 1.28 bits per heavy atom. The van der Waals surface area contributed by atoms with Crippen molar-refractivity contribution in [3.05, 3.63) is 23.0 Å². The first-order valence-electron chi connectivity index (χ1n) is 12.7. The second kappa shape index (κ2) is 10.1. The summed E-state index contributed by atoms with van der Waals surface area (Å²) in [6.07, 6.45) is 5.30. The molecule has 196 valence electrons. The van der Waals surface area contributed by atoms with E-state index in [1.165, 1.54) is 4.90 Å². The molecular weight excluding hydrogens is 482 g/mol. The van der Waals surface area contributed by atoms with Crippen LogP contribution in [0.3, 0.4) is 0 Å². The molecule has 2 amide bonds. The summed E-state index contributed by atoms with van der Waals surface area (Å²) in [6.45, 7) is 9.36. The Kier molecular flexibility index (Phi) is 7.01. The van der Waals surface area contributed by atoms with Crippen molar-refractivity contribution in [3.63, 3.8) is 0 Å². The van der Waals surface area contributed by atoms with Crippen molar-refractivity contribution in [3.8, 4) is 0 Å². The van der Waals surface area contributed by atoms with Gasteiger partial charge in [-0.05, 0) is 18.3 Å². The number of ether oxygens (including phenoxy) is 1. The first kappa shape index (κ1) is 25.1. The van der Waals surface area contributed by atoms with Crippen LogP contribution in [0.2, 0.25) is 0 Å². The number of likely N-dealkylation sites (tertiary alicyclic amines) is 1. The van der Waals surface area contributed by atoms with E-state index in [-0.39, 0.29) is 24.8 Å². The van der Waals surface area contributed by atoms with E-state index in [9.17, 15) is 14.7 Å². The molecule has 0 bridgehead atoms. The van der Waals surface area contributed by atoms with Crippen LogP contribution in [0, 0.1) is 5.41 Å². The molecule has 2 saturated heterocycles. The van der Waals surface area contributed by atoms with Gasteiger partial charge in [-0.2, -0.15) is 0 Å². The van der Waals surface area contributed by atoms with Crippen molar-refractivity contribution in [2.75, 3.05) is 37.7 Å². The molecule has 3 atom stereocenters. The number of β-amino-alcohol motifs (C(OH)–C–C–N with tert-alkyl or cyclic N) is 1. The smallest absolute Gasteiger partial charge is 0.248 e. The summed E-state index contributed by atoms with van der Waals surface area (Å²) in [7, 11) is 0. The lowest BCUT2D eigenvalue weighted by Crippen LogP contribution is -2.50. The number of morpholine rings is 1. The third-order valence-corrected chi connectivity index (χ3v) is 8.03. The van der Waals surface area contributed by atoms with Gasteiger partial charge in [0, 0.05) is 49.2 Å². The van der Waals surface area contributed by atoms with E-state index in [4.69, 9.17) is 4.74 Å². The van der Waals surface area contributed by atoms with E-state index in [2.05, 4.69) is 25.5 Å². The number of anilines is 1. The first-order valence-corrected chi connectivity index (χ1v) is 13.5. The number of thiazole rings is 1. The molecule has 12 heteroatoms. The van der Waals surface area contributed by atoms with E-state index < -0.39 is 23.6 Å². The maximum Gasteiger partial charge on any atom is 0.248 e. The predicted molar refractivity (Wildman–Crippen MR) is 134 cm³/mol. The van der Waals surface area contributed by atoms with Crippen LogP contribution in [0.15, 0.2) is 12.4 Å². The molecule has 0 spiro atoms. The van der Waals surface area contributed by atoms with Gasteiger partial charge in [-0.3, -0.25) is 9.59 Å². The summed E-state index contributed by atoms with van der Waals surface area (Å²) in [5.41, 5.74) is 0.451. The highest BCUT2D eigenvalue weighted by Crippen LogP contribution is 2.40. The largest absolute Gasteiger partial charge is 0.391 e. The first-order chi connectivity index (χ1) is 17.2. The van der Waals surface area contributed by atoms with Crippen molar-refractivity contribution in [2.45, 2.75) is 70.7 Å². The molecule has 11 nitrogen and oxygen atoms in total. The SMILES string of the molecule is CC(C)(C)[C@@H](C(=O)N1C[C@H](O)C[C@H]1C(=O)NCc1cnc(N2CCOCC2)s1)n1cc(C2CC2)nn1. The Bertz CT molecular complexity index is 1090. The molecule has 0 radical (unpaired) electrons. The van der Waals surface area contributed by atoms with Crippen molar-refractivity contribution in [2.24, 2.45) is 5.41 Å². The third kappa shape index (κ3) is 5.40. The van der Waals surface area contributed by atoms with Gasteiger partial charge in [-0.25, -0.2) is 9.67 Å². The highest BCUT2D eigenvalue weighted by Gasteiger charge is 2.45. The van der Waals surface area contributed by atoms with E-state index in [0.717, 1.165) is 41.6 Å². The van der Waals surface area contributed by atoms with Crippen molar-refractivity contribution >= 4 is 28.3 Å². The van der Waals surface area contributed by atoms with Gasteiger partial charge in [0.2, 0.25) is 11.8 Å². The number of rotatable bonds is 7. The Morgan fingerprint density at radius 3 is 2.72 bits per heavy atom. The van der Waals surface area contributed by atoms with Crippen LogP contribution >= 0.6 is 11.3 Å². The molecule has 0 aromatic carbocycles.